The average molecular weight is 240 g/mol. The molecule has 0 aliphatic heterocycles. The van der Waals surface area contributed by atoms with Crippen molar-refractivity contribution in [3.05, 3.63) is 36.1 Å². The summed E-state index contributed by atoms with van der Waals surface area (Å²) >= 11 is 4.56. The molecule has 1 aromatic rings. The average Bonchev–Trinajstić information content (AvgIpc) is 2.19. The van der Waals surface area contributed by atoms with Crippen molar-refractivity contribution in [3.63, 3.8) is 0 Å². The van der Waals surface area contributed by atoms with Gasteiger partial charge in [0.25, 0.3) is 0 Å². The number of rotatable bonds is 2. The first-order chi connectivity index (χ1) is 5.85. The zero-order valence-electron chi connectivity index (χ0n) is 7.21. The van der Waals surface area contributed by atoms with E-state index in [1.165, 1.54) is 4.40 Å². The molecule has 3 heteroatoms. The number of nitrogens with one attached hydrogen (secondary N) is 1. The van der Waals surface area contributed by atoms with Gasteiger partial charge in [0.1, 0.15) is 0 Å². The molecule has 0 aromatic heterocycles. The Balaban J connectivity index is 0.000000261. The summed E-state index contributed by atoms with van der Waals surface area (Å²) < 4.78 is 1.53. The fourth-order valence-electron chi connectivity index (χ4n) is 0.605. The van der Waals surface area contributed by atoms with Crippen molar-refractivity contribution in [3.8, 4) is 0 Å². The molecule has 12 heavy (non-hydrogen) atoms. The second-order valence-electron chi connectivity index (χ2n) is 2.07. The van der Waals surface area contributed by atoms with Crippen LogP contribution < -0.4 is 4.40 Å². The molecule has 66 valence electrons. The van der Waals surface area contributed by atoms with Crippen molar-refractivity contribution in [1.82, 2.24) is 0 Å². The van der Waals surface area contributed by atoms with Crippen LogP contribution in [0.4, 0.5) is 0 Å². The Morgan fingerprint density at radius 2 is 1.83 bits per heavy atom. The van der Waals surface area contributed by atoms with Gasteiger partial charge in [-0.25, -0.2) is 0 Å². The number of hydrogen-bond acceptors (Lipinski definition) is 1. The van der Waals surface area contributed by atoms with Gasteiger partial charge in [-0.15, -0.1) is 0 Å². The summed E-state index contributed by atoms with van der Waals surface area (Å²) in [6.07, 6.45) is 0. The van der Waals surface area contributed by atoms with E-state index in [4.69, 9.17) is 5.73 Å². The fraction of sp³-hybridized carbons (Fsp3) is 0.333. The minimum Gasteiger partial charge on any atom is -0.794 e. The third kappa shape index (κ3) is 6.76. The molecule has 0 saturated carbocycles. The Kier molecular flexibility index (Phi) is 9.22. The minimum atomic E-state index is 0.196. The summed E-state index contributed by atoms with van der Waals surface area (Å²) in [5.74, 6) is 2.86. The van der Waals surface area contributed by atoms with Crippen molar-refractivity contribution in [2.75, 3.05) is 12.3 Å². The Hall–Kier alpha value is 0.0729. The normalized spacial score (nSPS) is 8.58. The van der Waals surface area contributed by atoms with Gasteiger partial charge in [0.2, 0.25) is 0 Å². The van der Waals surface area contributed by atoms with Gasteiger partial charge in [0.05, 0.1) is 0 Å². The van der Waals surface area contributed by atoms with Gasteiger partial charge in [-0.05, 0) is 0 Å². The monoisotopic (exact) mass is 241 g/mol. The minimum absolute atomic E-state index is 0.196. The Labute approximate surface area is 86.6 Å². The number of benzene rings is 1. The largest absolute Gasteiger partial charge is 0.794 e. The molecule has 0 aliphatic rings. The molecule has 0 amide bonds. The van der Waals surface area contributed by atoms with E-state index in [1.807, 2.05) is 0 Å². The first-order valence-electron chi connectivity index (χ1n) is 3.80. The summed E-state index contributed by atoms with van der Waals surface area (Å²) in [6, 6.07) is 10.6. The van der Waals surface area contributed by atoms with Crippen molar-refractivity contribution in [1.29, 1.82) is 0 Å². The zero-order valence-corrected chi connectivity index (χ0v) is 10.1. The molecule has 0 saturated heterocycles. The molecule has 0 spiro atoms. The molecule has 0 unspecified atom stereocenters. The summed E-state index contributed by atoms with van der Waals surface area (Å²) in [5.41, 5.74) is 6.35. The van der Waals surface area contributed by atoms with Crippen LogP contribution in [0.25, 0.3) is 5.73 Å². The van der Waals surface area contributed by atoms with Crippen LogP contribution in [0, 0.1) is 0 Å². The van der Waals surface area contributed by atoms with Crippen molar-refractivity contribution < 1.29 is 0 Å². The second kappa shape index (κ2) is 9.16. The van der Waals surface area contributed by atoms with E-state index >= 15 is 0 Å². The van der Waals surface area contributed by atoms with Gasteiger partial charge in [-0.3, -0.25) is 0 Å². The van der Waals surface area contributed by atoms with Gasteiger partial charge in [0, 0.05) is 0 Å². The molecule has 0 heterocycles. The number of hydrogen-bond donors (Lipinski definition) is 0. The molecule has 0 aliphatic carbocycles. The van der Waals surface area contributed by atoms with Crippen molar-refractivity contribution in [2.24, 2.45) is 0 Å². The van der Waals surface area contributed by atoms with Crippen LogP contribution in [0.5, 0.6) is 0 Å². The molecule has 1 N–H and O–H groups in total. The summed E-state index contributed by atoms with van der Waals surface area (Å²) in [6.45, 7) is 0.384. The van der Waals surface area contributed by atoms with Crippen LogP contribution in [-0.2, 0) is 12.6 Å². The predicted octanol–water partition coefficient (Wildman–Crippen LogP) is 1.65. The molecule has 1 aromatic carbocycles. The van der Waals surface area contributed by atoms with Crippen LogP contribution in [0.2, 0.25) is 5.76 Å². The Morgan fingerprint density at radius 3 is 2.08 bits per heavy atom. The summed E-state index contributed by atoms with van der Waals surface area (Å²) in [7, 11) is 0. The van der Waals surface area contributed by atoms with E-state index in [-0.39, 0.29) is 15.4 Å². The maximum atomic E-state index is 6.35. The molecule has 0 fully saturated rings. The van der Waals surface area contributed by atoms with E-state index in [0.29, 0.717) is 12.3 Å². The fourth-order valence-corrected chi connectivity index (χ4v) is 1.71. The molecular weight excluding hydrogens is 227 g/mol. The van der Waals surface area contributed by atoms with Gasteiger partial charge >= 0.3 is 55.9 Å². The van der Waals surface area contributed by atoms with Gasteiger partial charge in [-0.2, -0.15) is 12.3 Å². The molecule has 2 radical (unpaired) electrons. The topological polar surface area (TPSA) is 23.8 Å². The third-order valence-electron chi connectivity index (χ3n) is 1.16. The van der Waals surface area contributed by atoms with Crippen LogP contribution >= 0.6 is 0 Å². The quantitative estimate of drug-likeness (QED) is 0.569. The predicted molar refractivity (Wildman–Crippen MR) is 59.1 cm³/mol. The first kappa shape index (κ1) is 12.1. The second-order valence-corrected chi connectivity index (χ2v) is 4.74. The molecular formula is C9H13GeNS-2. The van der Waals surface area contributed by atoms with Gasteiger partial charge in [0.15, 0.2) is 0 Å². The summed E-state index contributed by atoms with van der Waals surface area (Å²) in [5, 5.41) is 0. The Morgan fingerprint density at radius 1 is 1.33 bits per heavy atom. The zero-order chi connectivity index (χ0) is 9.23. The summed E-state index contributed by atoms with van der Waals surface area (Å²) in [4.78, 5) is 0. The smallest absolute Gasteiger partial charge is 0.174 e. The SMILES string of the molecule is [CH3][Ge][c]1ccccc1.[NH-]CC[S-]. The third-order valence-corrected chi connectivity index (χ3v) is 3.28. The van der Waals surface area contributed by atoms with E-state index in [9.17, 15) is 0 Å². The van der Waals surface area contributed by atoms with Crippen LogP contribution in [0.1, 0.15) is 0 Å². The standard InChI is InChI=1S/C7H8Ge.C2H6NS/c1-8-7-5-3-2-4-6-7;3-1-2-4/h2-6H,1H3;3-4H,1-2H2/q;-1/p-1. The molecule has 0 atom stereocenters. The van der Waals surface area contributed by atoms with E-state index in [0.717, 1.165) is 0 Å². The van der Waals surface area contributed by atoms with E-state index in [1.54, 1.807) is 0 Å². The maximum absolute atomic E-state index is 6.35. The van der Waals surface area contributed by atoms with Crippen LogP contribution in [0.3, 0.4) is 0 Å². The van der Waals surface area contributed by atoms with Gasteiger partial charge in [-0.1, -0.05) is 0 Å². The van der Waals surface area contributed by atoms with E-state index < -0.39 is 0 Å². The van der Waals surface area contributed by atoms with Crippen LogP contribution in [0.15, 0.2) is 30.3 Å². The molecule has 1 nitrogen and oxygen atoms in total. The molecule has 1 rings (SSSR count). The van der Waals surface area contributed by atoms with Gasteiger partial charge < -0.3 is 18.4 Å². The first-order valence-corrected chi connectivity index (χ1v) is 7.53. The van der Waals surface area contributed by atoms with E-state index in [2.05, 4.69) is 48.7 Å². The van der Waals surface area contributed by atoms with Crippen molar-refractivity contribution in [2.45, 2.75) is 5.76 Å². The molecule has 0 bridgehead atoms. The van der Waals surface area contributed by atoms with Crippen molar-refractivity contribution >= 4 is 32.5 Å². The Bertz CT molecular complexity index is 177. The maximum Gasteiger partial charge on any atom is -0.174 e. The van der Waals surface area contributed by atoms with Crippen LogP contribution in [-0.4, -0.2) is 27.7 Å².